The van der Waals surface area contributed by atoms with E-state index < -0.39 is 0 Å². The first-order chi connectivity index (χ1) is 9.17. The van der Waals surface area contributed by atoms with E-state index in [2.05, 4.69) is 10.6 Å². The van der Waals surface area contributed by atoms with E-state index in [1.54, 1.807) is 24.3 Å². The zero-order valence-corrected chi connectivity index (χ0v) is 10.9. The Morgan fingerprint density at radius 3 is 2.47 bits per heavy atom. The SMILES string of the molecule is COCC(=O)NCc1ccc(C(=O)NCCN)cc1. The average molecular weight is 265 g/mol. The minimum atomic E-state index is -0.174. The van der Waals surface area contributed by atoms with Gasteiger partial charge in [0.05, 0.1) is 0 Å². The van der Waals surface area contributed by atoms with Crippen molar-refractivity contribution < 1.29 is 14.3 Å². The maximum Gasteiger partial charge on any atom is 0.251 e. The van der Waals surface area contributed by atoms with Crippen LogP contribution in [0, 0.1) is 0 Å². The molecule has 2 amide bonds. The Bertz CT molecular complexity index is 418. The maximum atomic E-state index is 11.6. The van der Waals surface area contributed by atoms with Crippen LogP contribution in [0.25, 0.3) is 0 Å². The molecule has 6 heteroatoms. The fourth-order valence-electron chi connectivity index (χ4n) is 1.44. The number of hydrogen-bond donors (Lipinski definition) is 3. The monoisotopic (exact) mass is 265 g/mol. The number of ether oxygens (including phenoxy) is 1. The third-order valence-electron chi connectivity index (χ3n) is 2.41. The average Bonchev–Trinajstić information content (AvgIpc) is 2.43. The van der Waals surface area contributed by atoms with Crippen LogP contribution in [0.4, 0.5) is 0 Å². The van der Waals surface area contributed by atoms with Gasteiger partial charge in [-0.3, -0.25) is 9.59 Å². The normalized spacial score (nSPS) is 10.0. The Hall–Kier alpha value is -1.92. The van der Waals surface area contributed by atoms with E-state index in [1.165, 1.54) is 7.11 Å². The lowest BCUT2D eigenvalue weighted by Crippen LogP contribution is -2.29. The number of hydrogen-bond acceptors (Lipinski definition) is 4. The minimum absolute atomic E-state index is 0.0412. The van der Waals surface area contributed by atoms with Crippen LogP contribution in [0.3, 0.4) is 0 Å². The highest BCUT2D eigenvalue weighted by atomic mass is 16.5. The Morgan fingerprint density at radius 1 is 1.21 bits per heavy atom. The first kappa shape index (κ1) is 15.1. The molecule has 0 heterocycles. The van der Waals surface area contributed by atoms with Crippen molar-refractivity contribution in [2.24, 2.45) is 5.73 Å². The highest BCUT2D eigenvalue weighted by molar-refractivity contribution is 5.94. The fourth-order valence-corrected chi connectivity index (χ4v) is 1.44. The quantitative estimate of drug-likeness (QED) is 0.627. The Balaban J connectivity index is 2.47. The molecule has 1 aromatic carbocycles. The second-order valence-corrected chi connectivity index (χ2v) is 3.95. The molecule has 0 saturated carbocycles. The number of carbonyl (C=O) groups is 2. The van der Waals surface area contributed by atoms with Gasteiger partial charge in [0.2, 0.25) is 5.91 Å². The third kappa shape index (κ3) is 5.50. The molecule has 19 heavy (non-hydrogen) atoms. The molecule has 0 saturated heterocycles. The molecule has 0 spiro atoms. The van der Waals surface area contributed by atoms with E-state index in [0.717, 1.165) is 5.56 Å². The molecule has 0 aliphatic heterocycles. The van der Waals surface area contributed by atoms with E-state index in [-0.39, 0.29) is 18.4 Å². The van der Waals surface area contributed by atoms with Gasteiger partial charge in [-0.1, -0.05) is 12.1 Å². The van der Waals surface area contributed by atoms with Gasteiger partial charge in [-0.2, -0.15) is 0 Å². The minimum Gasteiger partial charge on any atom is -0.375 e. The third-order valence-corrected chi connectivity index (χ3v) is 2.41. The number of methoxy groups -OCH3 is 1. The molecule has 0 aromatic heterocycles. The summed E-state index contributed by atoms with van der Waals surface area (Å²) in [5, 5.41) is 5.39. The molecular weight excluding hydrogens is 246 g/mol. The van der Waals surface area contributed by atoms with Crippen LogP contribution in [0.1, 0.15) is 15.9 Å². The van der Waals surface area contributed by atoms with Gasteiger partial charge in [-0.05, 0) is 17.7 Å². The number of rotatable bonds is 7. The van der Waals surface area contributed by atoms with Crippen LogP contribution in [-0.4, -0.2) is 38.6 Å². The fraction of sp³-hybridized carbons (Fsp3) is 0.385. The first-order valence-electron chi connectivity index (χ1n) is 6.00. The van der Waals surface area contributed by atoms with Crippen LogP contribution in [0.15, 0.2) is 24.3 Å². The lowest BCUT2D eigenvalue weighted by Gasteiger charge is -2.06. The highest BCUT2D eigenvalue weighted by Crippen LogP contribution is 2.04. The smallest absolute Gasteiger partial charge is 0.251 e. The second kappa shape index (κ2) is 8.23. The van der Waals surface area contributed by atoms with Crippen molar-refractivity contribution in [3.63, 3.8) is 0 Å². The van der Waals surface area contributed by atoms with E-state index >= 15 is 0 Å². The summed E-state index contributed by atoms with van der Waals surface area (Å²) in [6.45, 7) is 1.31. The standard InChI is InChI=1S/C13H19N3O3/c1-19-9-12(17)16-8-10-2-4-11(5-3-10)13(18)15-7-6-14/h2-5H,6-9,14H2,1H3,(H,15,18)(H,16,17). The van der Waals surface area contributed by atoms with Gasteiger partial charge in [0.25, 0.3) is 5.91 Å². The van der Waals surface area contributed by atoms with Crippen molar-refractivity contribution in [2.75, 3.05) is 26.8 Å². The van der Waals surface area contributed by atoms with E-state index in [1.807, 2.05) is 0 Å². The molecule has 104 valence electrons. The largest absolute Gasteiger partial charge is 0.375 e. The number of nitrogens with two attached hydrogens (primary N) is 1. The molecule has 6 nitrogen and oxygen atoms in total. The molecule has 1 rings (SSSR count). The van der Waals surface area contributed by atoms with Crippen molar-refractivity contribution in [2.45, 2.75) is 6.54 Å². The number of carbonyl (C=O) groups excluding carboxylic acids is 2. The Kier molecular flexibility index (Phi) is 6.56. The van der Waals surface area contributed by atoms with E-state index in [9.17, 15) is 9.59 Å². The Morgan fingerprint density at radius 2 is 1.89 bits per heavy atom. The van der Waals surface area contributed by atoms with Gasteiger partial charge < -0.3 is 21.1 Å². The van der Waals surface area contributed by atoms with Gasteiger partial charge in [0.15, 0.2) is 0 Å². The molecule has 0 aliphatic rings. The second-order valence-electron chi connectivity index (χ2n) is 3.95. The molecule has 0 bridgehead atoms. The van der Waals surface area contributed by atoms with Crippen LogP contribution >= 0.6 is 0 Å². The van der Waals surface area contributed by atoms with Crippen LogP contribution in [0.2, 0.25) is 0 Å². The van der Waals surface area contributed by atoms with Crippen molar-refractivity contribution >= 4 is 11.8 Å². The van der Waals surface area contributed by atoms with Crippen molar-refractivity contribution in [1.82, 2.24) is 10.6 Å². The molecule has 1 aromatic rings. The number of nitrogens with one attached hydrogen (secondary N) is 2. The van der Waals surface area contributed by atoms with E-state index in [4.69, 9.17) is 10.5 Å². The highest BCUT2D eigenvalue weighted by Gasteiger charge is 2.04. The Labute approximate surface area is 112 Å². The van der Waals surface area contributed by atoms with Gasteiger partial charge in [0.1, 0.15) is 6.61 Å². The van der Waals surface area contributed by atoms with Crippen molar-refractivity contribution in [3.8, 4) is 0 Å². The molecule has 0 aliphatic carbocycles. The molecule has 0 fully saturated rings. The summed E-state index contributed by atoms with van der Waals surface area (Å²) in [6, 6.07) is 7.02. The molecule has 0 atom stereocenters. The maximum absolute atomic E-state index is 11.6. The van der Waals surface area contributed by atoms with Crippen molar-refractivity contribution in [1.29, 1.82) is 0 Å². The predicted molar refractivity (Wildman–Crippen MR) is 71.6 cm³/mol. The molecular formula is C13H19N3O3. The van der Waals surface area contributed by atoms with Crippen molar-refractivity contribution in [3.05, 3.63) is 35.4 Å². The van der Waals surface area contributed by atoms with Crippen LogP contribution < -0.4 is 16.4 Å². The van der Waals surface area contributed by atoms with Gasteiger partial charge >= 0.3 is 0 Å². The molecule has 4 N–H and O–H groups in total. The summed E-state index contributed by atoms with van der Waals surface area (Å²) in [6.07, 6.45) is 0. The summed E-state index contributed by atoms with van der Waals surface area (Å²) in [4.78, 5) is 22.8. The summed E-state index contributed by atoms with van der Waals surface area (Å²) in [5.41, 5.74) is 6.79. The summed E-state index contributed by atoms with van der Waals surface area (Å²) >= 11 is 0. The number of benzene rings is 1. The summed E-state index contributed by atoms with van der Waals surface area (Å²) in [5.74, 6) is -0.326. The predicted octanol–water partition coefficient (Wildman–Crippen LogP) is -0.362. The molecule has 0 unspecified atom stereocenters. The van der Waals surface area contributed by atoms with Gasteiger partial charge in [-0.15, -0.1) is 0 Å². The topological polar surface area (TPSA) is 93.4 Å². The van der Waals surface area contributed by atoms with Crippen LogP contribution in [0.5, 0.6) is 0 Å². The van der Waals surface area contributed by atoms with E-state index in [0.29, 0.717) is 25.2 Å². The lowest BCUT2D eigenvalue weighted by atomic mass is 10.1. The summed E-state index contributed by atoms with van der Waals surface area (Å²) in [7, 11) is 1.47. The zero-order valence-electron chi connectivity index (χ0n) is 10.9. The zero-order chi connectivity index (χ0) is 14.1. The van der Waals surface area contributed by atoms with Crippen LogP contribution in [-0.2, 0) is 16.1 Å². The van der Waals surface area contributed by atoms with Gasteiger partial charge in [0, 0.05) is 32.3 Å². The lowest BCUT2D eigenvalue weighted by molar-refractivity contribution is -0.124. The molecule has 0 radical (unpaired) electrons. The summed E-state index contributed by atoms with van der Waals surface area (Å²) < 4.78 is 4.70. The first-order valence-corrected chi connectivity index (χ1v) is 6.00. The van der Waals surface area contributed by atoms with Gasteiger partial charge in [-0.25, -0.2) is 0 Å². The number of amides is 2.